The highest BCUT2D eigenvalue weighted by Crippen LogP contribution is 2.19. The Morgan fingerprint density at radius 1 is 1.27 bits per heavy atom. The van der Waals surface area contributed by atoms with Gasteiger partial charge in [-0.2, -0.15) is 0 Å². The minimum atomic E-state index is -0.0352. The van der Waals surface area contributed by atoms with E-state index in [9.17, 15) is 0 Å². The van der Waals surface area contributed by atoms with Crippen molar-refractivity contribution in [3.05, 3.63) is 0 Å². The number of hydrogen-bond acceptors (Lipinski definition) is 2. The lowest BCUT2D eigenvalue weighted by atomic mass is 9.85. The third kappa shape index (κ3) is 4.38. The van der Waals surface area contributed by atoms with Crippen molar-refractivity contribution in [2.75, 3.05) is 7.05 Å². The van der Waals surface area contributed by atoms with E-state index in [2.05, 4.69) is 33.0 Å². The molecule has 0 heterocycles. The molecule has 0 aliphatic carbocycles. The molecule has 68 valence electrons. The normalized spacial score (nSPS) is 18.0. The highest BCUT2D eigenvalue weighted by Gasteiger charge is 2.25. The predicted molar refractivity (Wildman–Crippen MR) is 50.6 cm³/mol. The molecule has 0 aliphatic heterocycles. The molecule has 0 spiro atoms. The van der Waals surface area contributed by atoms with Gasteiger partial charge in [0.05, 0.1) is 0 Å². The van der Waals surface area contributed by atoms with Crippen LogP contribution in [0.15, 0.2) is 0 Å². The molecule has 2 nitrogen and oxygen atoms in total. The monoisotopic (exact) mass is 158 g/mol. The molecule has 0 fully saturated rings. The molecule has 3 N–H and O–H groups in total. The third-order valence-corrected chi connectivity index (χ3v) is 2.33. The zero-order valence-electron chi connectivity index (χ0n) is 8.49. The number of hydrogen-bond donors (Lipinski definition) is 2. The van der Waals surface area contributed by atoms with Crippen LogP contribution in [0, 0.1) is 0 Å². The highest BCUT2D eigenvalue weighted by molar-refractivity contribution is 4.88. The quantitative estimate of drug-likeness (QED) is 0.650. The molecule has 0 saturated carbocycles. The van der Waals surface area contributed by atoms with Crippen LogP contribution < -0.4 is 11.1 Å². The van der Waals surface area contributed by atoms with Crippen molar-refractivity contribution in [1.29, 1.82) is 0 Å². The highest BCUT2D eigenvalue weighted by atomic mass is 14.9. The van der Waals surface area contributed by atoms with Crippen molar-refractivity contribution >= 4 is 0 Å². The molecular weight excluding hydrogens is 136 g/mol. The van der Waals surface area contributed by atoms with Gasteiger partial charge in [-0.3, -0.25) is 0 Å². The average molecular weight is 158 g/mol. The second-order valence-corrected chi connectivity index (χ2v) is 4.32. The third-order valence-electron chi connectivity index (χ3n) is 2.33. The van der Waals surface area contributed by atoms with Crippen LogP contribution in [0.4, 0.5) is 0 Å². The molecule has 0 bridgehead atoms. The molecule has 11 heavy (non-hydrogen) atoms. The molecule has 1 unspecified atom stereocenters. The summed E-state index contributed by atoms with van der Waals surface area (Å²) in [6, 6.07) is 0. The van der Waals surface area contributed by atoms with E-state index >= 15 is 0 Å². The first-order valence-corrected chi connectivity index (χ1v) is 4.31. The summed E-state index contributed by atoms with van der Waals surface area (Å²) in [4.78, 5) is 0. The second-order valence-electron chi connectivity index (χ2n) is 4.32. The van der Waals surface area contributed by atoms with Crippen LogP contribution >= 0.6 is 0 Å². The maximum atomic E-state index is 6.04. The minimum Gasteiger partial charge on any atom is -0.325 e. The number of nitrogens with two attached hydrogens (primary N) is 1. The van der Waals surface area contributed by atoms with Gasteiger partial charge in [0.1, 0.15) is 0 Å². The van der Waals surface area contributed by atoms with E-state index in [4.69, 9.17) is 5.73 Å². The van der Waals surface area contributed by atoms with Crippen molar-refractivity contribution in [2.24, 2.45) is 5.73 Å². The smallest absolute Gasteiger partial charge is 0.0140 e. The van der Waals surface area contributed by atoms with E-state index in [1.54, 1.807) is 0 Å². The Morgan fingerprint density at radius 2 is 1.73 bits per heavy atom. The van der Waals surface area contributed by atoms with Gasteiger partial charge in [0, 0.05) is 11.1 Å². The molecule has 0 amide bonds. The average Bonchev–Trinajstić information content (AvgIpc) is 1.86. The van der Waals surface area contributed by atoms with Gasteiger partial charge in [0.15, 0.2) is 0 Å². The van der Waals surface area contributed by atoms with E-state index in [1.165, 1.54) is 0 Å². The second kappa shape index (κ2) is 3.55. The predicted octanol–water partition coefficient (Wildman–Crippen LogP) is 1.50. The fourth-order valence-corrected chi connectivity index (χ4v) is 1.22. The van der Waals surface area contributed by atoms with Gasteiger partial charge < -0.3 is 11.1 Å². The first-order valence-electron chi connectivity index (χ1n) is 4.31. The fourth-order valence-electron chi connectivity index (χ4n) is 1.22. The lowest BCUT2D eigenvalue weighted by Crippen LogP contribution is -2.48. The first kappa shape index (κ1) is 10.9. The number of rotatable bonds is 4. The van der Waals surface area contributed by atoms with Gasteiger partial charge in [0.2, 0.25) is 0 Å². The molecule has 0 radical (unpaired) electrons. The summed E-state index contributed by atoms with van der Waals surface area (Å²) in [5.74, 6) is 0. The van der Waals surface area contributed by atoms with Gasteiger partial charge in [-0.25, -0.2) is 0 Å². The largest absolute Gasteiger partial charge is 0.325 e. The molecule has 0 aromatic carbocycles. The van der Waals surface area contributed by atoms with E-state index < -0.39 is 0 Å². The van der Waals surface area contributed by atoms with Gasteiger partial charge >= 0.3 is 0 Å². The number of nitrogens with one attached hydrogen (secondary N) is 1. The summed E-state index contributed by atoms with van der Waals surface area (Å²) in [6.45, 7) is 8.58. The molecule has 0 aromatic rings. The molecular formula is C9H22N2. The minimum absolute atomic E-state index is 0.0352. The van der Waals surface area contributed by atoms with Gasteiger partial charge in [-0.15, -0.1) is 0 Å². The topological polar surface area (TPSA) is 38.0 Å². The summed E-state index contributed by atoms with van der Waals surface area (Å²) >= 11 is 0. The lowest BCUT2D eigenvalue weighted by Gasteiger charge is -2.33. The zero-order chi connectivity index (χ0) is 9.12. The van der Waals surface area contributed by atoms with Gasteiger partial charge in [-0.05, 0) is 40.7 Å². The van der Waals surface area contributed by atoms with E-state index in [-0.39, 0.29) is 11.1 Å². The Hall–Kier alpha value is -0.0800. The van der Waals surface area contributed by atoms with Gasteiger partial charge in [0.25, 0.3) is 0 Å². The van der Waals surface area contributed by atoms with Crippen LogP contribution in [0.2, 0.25) is 0 Å². The van der Waals surface area contributed by atoms with E-state index in [1.807, 2.05) is 7.05 Å². The molecule has 1 atom stereocenters. The Bertz CT molecular complexity index is 103. The van der Waals surface area contributed by atoms with Crippen LogP contribution in [0.1, 0.15) is 40.5 Å². The first-order chi connectivity index (χ1) is 4.83. The van der Waals surface area contributed by atoms with Crippen LogP contribution in [-0.4, -0.2) is 18.1 Å². The Morgan fingerprint density at radius 3 is 2.00 bits per heavy atom. The Balaban J connectivity index is 4.02. The molecule has 0 saturated heterocycles. The lowest BCUT2D eigenvalue weighted by molar-refractivity contribution is 0.284. The standard InChI is InChI=1S/C9H22N2/c1-6-9(4,10)7-8(2,3)11-5/h11H,6-7,10H2,1-5H3. The summed E-state index contributed by atoms with van der Waals surface area (Å²) in [7, 11) is 1.98. The summed E-state index contributed by atoms with van der Waals surface area (Å²) in [6.07, 6.45) is 2.03. The molecule has 2 heteroatoms. The van der Waals surface area contributed by atoms with Crippen molar-refractivity contribution in [1.82, 2.24) is 5.32 Å². The van der Waals surface area contributed by atoms with Crippen LogP contribution in [-0.2, 0) is 0 Å². The van der Waals surface area contributed by atoms with Crippen LogP contribution in [0.3, 0.4) is 0 Å². The molecule has 0 aliphatic rings. The summed E-state index contributed by atoms with van der Waals surface area (Å²) in [5.41, 5.74) is 6.15. The van der Waals surface area contributed by atoms with Crippen LogP contribution in [0.5, 0.6) is 0 Å². The van der Waals surface area contributed by atoms with Crippen molar-refractivity contribution in [3.8, 4) is 0 Å². The maximum absolute atomic E-state index is 6.04. The molecule has 0 rings (SSSR count). The Kier molecular flexibility index (Phi) is 3.52. The summed E-state index contributed by atoms with van der Waals surface area (Å²) in [5, 5.41) is 3.25. The van der Waals surface area contributed by atoms with E-state index in [0.29, 0.717) is 0 Å². The van der Waals surface area contributed by atoms with Crippen molar-refractivity contribution in [3.63, 3.8) is 0 Å². The SMILES string of the molecule is CCC(C)(N)CC(C)(C)NC. The van der Waals surface area contributed by atoms with Crippen molar-refractivity contribution in [2.45, 2.75) is 51.6 Å². The maximum Gasteiger partial charge on any atom is 0.0140 e. The van der Waals surface area contributed by atoms with E-state index in [0.717, 1.165) is 12.8 Å². The fraction of sp³-hybridized carbons (Fsp3) is 1.00. The summed E-state index contributed by atoms with van der Waals surface area (Å²) < 4.78 is 0. The Labute approximate surface area is 70.5 Å². The zero-order valence-corrected chi connectivity index (χ0v) is 8.49. The van der Waals surface area contributed by atoms with Crippen LogP contribution in [0.25, 0.3) is 0 Å². The molecule has 0 aromatic heterocycles. The van der Waals surface area contributed by atoms with Crippen molar-refractivity contribution < 1.29 is 0 Å². The van der Waals surface area contributed by atoms with Gasteiger partial charge in [-0.1, -0.05) is 6.92 Å².